The first-order valence-corrected chi connectivity index (χ1v) is 11.2. The molecule has 0 N–H and O–H groups in total. The SMILES string of the molecule is CC=C(C=S)C=C1CCC(=CC=C(C)C(C)CC)C23C=CC=CC12CC=CC3. The topological polar surface area (TPSA) is 0 Å². The highest BCUT2D eigenvalue weighted by Crippen LogP contribution is 2.64. The van der Waals surface area contributed by atoms with Crippen molar-refractivity contribution in [3.63, 3.8) is 0 Å². The molecule has 3 aliphatic rings. The van der Waals surface area contributed by atoms with E-state index in [4.69, 9.17) is 12.2 Å². The van der Waals surface area contributed by atoms with Crippen LogP contribution in [0, 0.1) is 16.7 Å². The Morgan fingerprint density at radius 3 is 2.29 bits per heavy atom. The van der Waals surface area contributed by atoms with Gasteiger partial charge in [0.15, 0.2) is 0 Å². The maximum absolute atomic E-state index is 5.26. The Morgan fingerprint density at radius 2 is 1.71 bits per heavy atom. The molecule has 1 saturated carbocycles. The van der Waals surface area contributed by atoms with Gasteiger partial charge in [0.25, 0.3) is 0 Å². The van der Waals surface area contributed by atoms with Crippen LogP contribution in [0.4, 0.5) is 0 Å². The lowest BCUT2D eigenvalue weighted by molar-refractivity contribution is 0.183. The van der Waals surface area contributed by atoms with Crippen molar-refractivity contribution in [1.82, 2.24) is 0 Å². The lowest BCUT2D eigenvalue weighted by Gasteiger charge is -2.56. The van der Waals surface area contributed by atoms with E-state index in [1.165, 1.54) is 17.6 Å². The number of allylic oxidation sites excluding steroid dienone is 14. The number of hydrogen-bond acceptors (Lipinski definition) is 1. The minimum atomic E-state index is 0.0469. The van der Waals surface area contributed by atoms with Crippen LogP contribution in [0.5, 0.6) is 0 Å². The van der Waals surface area contributed by atoms with Crippen LogP contribution in [0.1, 0.15) is 59.8 Å². The summed E-state index contributed by atoms with van der Waals surface area (Å²) in [5.74, 6) is 0.644. The van der Waals surface area contributed by atoms with Crippen LogP contribution in [0.25, 0.3) is 0 Å². The van der Waals surface area contributed by atoms with Crippen molar-refractivity contribution in [2.45, 2.75) is 59.8 Å². The number of hydrogen-bond donors (Lipinski definition) is 0. The Bertz CT molecular complexity index is 826. The molecule has 0 spiro atoms. The highest BCUT2D eigenvalue weighted by atomic mass is 32.1. The second-order valence-corrected chi connectivity index (χ2v) is 8.76. The predicted molar refractivity (Wildman–Crippen MR) is 128 cm³/mol. The molecular weight excluding hydrogens is 356 g/mol. The Morgan fingerprint density at radius 1 is 1.11 bits per heavy atom. The standard InChI is InChI=1S/C27H34S/c1-5-21(3)22(4)11-12-24-13-14-25(19-23(6-2)20-28)27-17-9-7-15-26(24,27)16-8-10-18-27/h6-12,15,17,19-21H,5,13-14,16,18H2,1-4H3. The van der Waals surface area contributed by atoms with Crippen molar-refractivity contribution >= 4 is 17.6 Å². The van der Waals surface area contributed by atoms with Crippen molar-refractivity contribution in [3.8, 4) is 0 Å². The molecule has 148 valence electrons. The van der Waals surface area contributed by atoms with Gasteiger partial charge in [-0.3, -0.25) is 0 Å². The molecule has 28 heavy (non-hydrogen) atoms. The molecule has 0 saturated heterocycles. The molecule has 0 bridgehead atoms. The highest BCUT2D eigenvalue weighted by Gasteiger charge is 2.55. The van der Waals surface area contributed by atoms with Crippen LogP contribution >= 0.6 is 12.2 Å². The summed E-state index contributed by atoms with van der Waals surface area (Å²) in [7, 11) is 0. The summed E-state index contributed by atoms with van der Waals surface area (Å²) in [6.45, 7) is 8.95. The summed E-state index contributed by atoms with van der Waals surface area (Å²) in [6.07, 6.45) is 29.1. The first kappa shape index (κ1) is 21.0. The third-order valence-corrected chi connectivity index (χ3v) is 7.54. The van der Waals surface area contributed by atoms with E-state index in [0.717, 1.165) is 31.3 Å². The molecule has 0 radical (unpaired) electrons. The third kappa shape index (κ3) is 3.50. The number of rotatable bonds is 5. The molecule has 0 aromatic heterocycles. The van der Waals surface area contributed by atoms with Gasteiger partial charge in [0.2, 0.25) is 0 Å². The summed E-state index contributed by atoms with van der Waals surface area (Å²) in [4.78, 5) is 0. The van der Waals surface area contributed by atoms with E-state index in [-0.39, 0.29) is 10.8 Å². The van der Waals surface area contributed by atoms with E-state index >= 15 is 0 Å². The molecule has 3 aliphatic carbocycles. The van der Waals surface area contributed by atoms with E-state index in [9.17, 15) is 0 Å². The lowest BCUT2D eigenvalue weighted by atomic mass is 9.46. The van der Waals surface area contributed by atoms with Gasteiger partial charge in [-0.15, -0.1) is 0 Å². The normalized spacial score (nSPS) is 33.7. The zero-order valence-corrected chi connectivity index (χ0v) is 18.7. The van der Waals surface area contributed by atoms with Crippen LogP contribution in [-0.4, -0.2) is 5.37 Å². The third-order valence-electron chi connectivity index (χ3n) is 7.27. The molecule has 1 fully saturated rings. The maximum atomic E-state index is 5.26. The fourth-order valence-electron chi connectivity index (χ4n) is 5.08. The second-order valence-electron chi connectivity index (χ2n) is 8.53. The van der Waals surface area contributed by atoms with Gasteiger partial charge in [-0.05, 0) is 57.4 Å². The Hall–Kier alpha value is -1.73. The Kier molecular flexibility index (Phi) is 6.55. The van der Waals surface area contributed by atoms with Gasteiger partial charge in [-0.1, -0.05) is 104 Å². The number of thiocarbonyl (C=S) groups is 1. The average molecular weight is 391 g/mol. The molecule has 0 aromatic rings. The van der Waals surface area contributed by atoms with E-state index in [1.807, 2.05) is 5.37 Å². The van der Waals surface area contributed by atoms with Gasteiger partial charge in [0.1, 0.15) is 0 Å². The van der Waals surface area contributed by atoms with Gasteiger partial charge >= 0.3 is 0 Å². The summed E-state index contributed by atoms with van der Waals surface area (Å²) >= 11 is 5.26. The molecule has 0 amide bonds. The van der Waals surface area contributed by atoms with Crippen LogP contribution in [0.2, 0.25) is 0 Å². The quantitative estimate of drug-likeness (QED) is 0.260. The van der Waals surface area contributed by atoms with Gasteiger partial charge in [-0.2, -0.15) is 0 Å². The van der Waals surface area contributed by atoms with E-state index in [1.54, 1.807) is 5.57 Å². The van der Waals surface area contributed by atoms with E-state index in [0.29, 0.717) is 5.92 Å². The molecule has 0 aromatic carbocycles. The first-order valence-electron chi connectivity index (χ1n) is 10.8. The lowest BCUT2D eigenvalue weighted by Crippen LogP contribution is -2.47. The molecule has 3 rings (SSSR count). The zero-order valence-electron chi connectivity index (χ0n) is 17.9. The van der Waals surface area contributed by atoms with Gasteiger partial charge in [0.05, 0.1) is 0 Å². The fourth-order valence-corrected chi connectivity index (χ4v) is 5.28. The largest absolute Gasteiger partial charge is 0.0881 e. The second kappa shape index (κ2) is 8.74. The fraction of sp³-hybridized carbons (Fsp3) is 0.444. The molecule has 3 atom stereocenters. The summed E-state index contributed by atoms with van der Waals surface area (Å²) < 4.78 is 0. The molecule has 0 heterocycles. The van der Waals surface area contributed by atoms with Crippen molar-refractivity contribution in [1.29, 1.82) is 0 Å². The minimum absolute atomic E-state index is 0.0469. The summed E-state index contributed by atoms with van der Waals surface area (Å²) in [6, 6.07) is 0. The molecule has 1 heteroatoms. The maximum Gasteiger partial charge on any atom is 0.0263 e. The molecular formula is C27H34S. The monoisotopic (exact) mass is 390 g/mol. The highest BCUT2D eigenvalue weighted by molar-refractivity contribution is 7.79. The molecule has 3 unspecified atom stereocenters. The van der Waals surface area contributed by atoms with Crippen molar-refractivity contribution in [2.75, 3.05) is 0 Å². The Balaban J connectivity index is 2.13. The smallest absolute Gasteiger partial charge is 0.0263 e. The predicted octanol–water partition coefficient (Wildman–Crippen LogP) is 8.02. The summed E-state index contributed by atoms with van der Waals surface area (Å²) in [5, 5.41) is 1.82. The first-order chi connectivity index (χ1) is 13.5. The molecule has 0 nitrogen and oxygen atoms in total. The van der Waals surface area contributed by atoms with E-state index < -0.39 is 0 Å². The van der Waals surface area contributed by atoms with Crippen LogP contribution in [0.3, 0.4) is 0 Å². The molecule has 0 aliphatic heterocycles. The van der Waals surface area contributed by atoms with Crippen molar-refractivity contribution < 1.29 is 0 Å². The van der Waals surface area contributed by atoms with Gasteiger partial charge in [-0.25, -0.2) is 0 Å². The van der Waals surface area contributed by atoms with Crippen LogP contribution in [0.15, 0.2) is 83.1 Å². The van der Waals surface area contributed by atoms with Gasteiger partial charge < -0.3 is 0 Å². The van der Waals surface area contributed by atoms with Crippen molar-refractivity contribution in [3.05, 3.63) is 83.1 Å². The van der Waals surface area contributed by atoms with E-state index in [2.05, 4.69) is 88.5 Å². The van der Waals surface area contributed by atoms with Crippen molar-refractivity contribution in [2.24, 2.45) is 16.7 Å². The van der Waals surface area contributed by atoms with Gasteiger partial charge in [0, 0.05) is 16.2 Å². The summed E-state index contributed by atoms with van der Waals surface area (Å²) in [5.41, 5.74) is 5.87. The van der Waals surface area contributed by atoms with Crippen LogP contribution in [-0.2, 0) is 0 Å². The minimum Gasteiger partial charge on any atom is -0.0881 e. The zero-order chi connectivity index (χ0) is 20.2. The van der Waals surface area contributed by atoms with Crippen LogP contribution < -0.4 is 0 Å². The Labute approximate surface area is 177 Å². The average Bonchev–Trinajstić information content (AvgIpc) is 2.74.